The van der Waals surface area contributed by atoms with E-state index in [1.54, 1.807) is 0 Å². The number of carbonyl (C=O) groups is 16. The fourth-order valence-corrected chi connectivity index (χ4v) is 17.0. The average Bonchev–Trinajstić information content (AvgIpc) is 0.844. The molecule has 0 saturated carbocycles. The minimum absolute atomic E-state index is 0. The van der Waals surface area contributed by atoms with Crippen LogP contribution in [0, 0.1) is 0 Å². The van der Waals surface area contributed by atoms with Crippen molar-refractivity contribution in [1.29, 1.82) is 0 Å². The average molecular weight is 2130 g/mol. The van der Waals surface area contributed by atoms with Gasteiger partial charge in [0, 0.05) is 26.2 Å². The van der Waals surface area contributed by atoms with Gasteiger partial charge in [-0.05, 0) is 25.7 Å². The molecular weight excluding hydrogens is 1970 g/mol. The molecule has 0 heterocycles. The first-order chi connectivity index (χ1) is 63.6. The molecule has 44 nitrogen and oxygen atoms in total. The van der Waals surface area contributed by atoms with E-state index in [0.717, 1.165) is 103 Å². The van der Waals surface area contributed by atoms with Crippen LogP contribution in [0.25, 0.3) is 0 Å². The molecule has 0 aromatic carbocycles. The van der Waals surface area contributed by atoms with Gasteiger partial charge in [0.2, 0.25) is 23.6 Å². The molecule has 4 amide bonds. The third kappa shape index (κ3) is 79.4. The van der Waals surface area contributed by atoms with E-state index in [9.17, 15) is 151 Å². The van der Waals surface area contributed by atoms with Gasteiger partial charge in [-0.2, -0.15) is 33.7 Å². The fourth-order valence-electron chi connectivity index (χ4n) is 14.6. The summed E-state index contributed by atoms with van der Waals surface area (Å²) in [5.41, 5.74) is 0. The van der Waals surface area contributed by atoms with E-state index in [1.165, 1.54) is 154 Å². The molecule has 0 aromatic heterocycles. The number of amides is 4. The van der Waals surface area contributed by atoms with E-state index in [4.69, 9.17) is 38.6 Å². The van der Waals surface area contributed by atoms with Crippen LogP contribution in [0.1, 0.15) is 387 Å². The van der Waals surface area contributed by atoms with Gasteiger partial charge in [0.15, 0.2) is 0 Å². The molecule has 0 aliphatic heterocycles. The Morgan fingerprint density at radius 2 is 0.307 bits per heavy atom. The second-order valence-electron chi connectivity index (χ2n) is 33.8. The second-order valence-corrected chi connectivity index (χ2v) is 40.2. The van der Waals surface area contributed by atoms with Gasteiger partial charge >= 0.3 is 166 Å². The predicted octanol–water partition coefficient (Wildman–Crippen LogP) is -4.62. The molecule has 0 radical (unpaired) electrons. The number of hydrogen-bond acceptors (Lipinski definition) is 28. The van der Waals surface area contributed by atoms with E-state index in [-0.39, 0.29) is 144 Å². The van der Waals surface area contributed by atoms with Gasteiger partial charge in [-0.15, -0.1) is 0 Å². The Kier molecular flexibility index (Phi) is 96.0. The van der Waals surface area contributed by atoms with Crippen LogP contribution < -0.4 is 139 Å². The molecule has 0 aliphatic rings. The van der Waals surface area contributed by atoms with Crippen LogP contribution >= 0.6 is 0 Å². The first kappa shape index (κ1) is 150. The topological polar surface area (TPSA) is 758 Å². The number of carbonyl (C=O) groups excluding carboxylic acids is 8. The molecule has 0 aliphatic carbocycles. The molecule has 52 heteroatoms. The molecule has 140 heavy (non-hydrogen) atoms. The summed E-state index contributed by atoms with van der Waals surface area (Å²) in [5, 5.41) is 107. The zero-order valence-electron chi connectivity index (χ0n) is 83.3. The van der Waals surface area contributed by atoms with Gasteiger partial charge in [-0.1, -0.05) is 310 Å². The van der Waals surface area contributed by atoms with E-state index < -0.39 is 232 Å². The first-order valence-corrected chi connectivity index (χ1v) is 53.3. The van der Waals surface area contributed by atoms with E-state index >= 15 is 0 Å². The number of nitrogens with zero attached hydrogens (tertiary/aromatic N) is 4. The van der Waals surface area contributed by atoms with E-state index in [0.29, 0.717) is 71.0 Å². The zero-order chi connectivity index (χ0) is 105. The molecule has 0 saturated heterocycles. The summed E-state index contributed by atoms with van der Waals surface area (Å²) < 4.78 is 126. The number of carboxylic acids is 12. The third-order valence-electron chi connectivity index (χ3n) is 22.3. The molecule has 0 rings (SSSR count). The van der Waals surface area contributed by atoms with Gasteiger partial charge < -0.3 is 100 Å². The summed E-state index contributed by atoms with van der Waals surface area (Å²) in [6.45, 7) is 7.94. The quantitative estimate of drug-likeness (QED) is 0.0155. The van der Waals surface area contributed by atoms with Gasteiger partial charge in [0.25, 0.3) is 40.5 Å². The monoisotopic (exact) mass is 2120 g/mol. The molecule has 0 bridgehead atoms. The van der Waals surface area contributed by atoms with Gasteiger partial charge in [-0.3, -0.25) is 56.6 Å². The van der Waals surface area contributed by atoms with Crippen molar-refractivity contribution in [3.05, 3.63) is 0 Å². The maximum atomic E-state index is 12.6. The zero-order valence-corrected chi connectivity index (χ0v) is 94.5. The third-order valence-corrected chi connectivity index (χ3v) is 26.7. The van der Waals surface area contributed by atoms with Crippen LogP contribution in [0.5, 0.6) is 0 Å². The Morgan fingerprint density at radius 3 is 0.393 bits per heavy atom. The Labute approximate surface area is 913 Å². The first-order valence-electron chi connectivity index (χ1n) is 47.3. The molecule has 0 aromatic rings. The fraction of sp³-hybridized carbons (Fsp3) is 0.818. The number of carboxylic acid groups (broad SMARTS) is 12. The molecule has 792 valence electrons. The number of hydrogen-bond donors (Lipinski definition) is 12. The van der Waals surface area contributed by atoms with Crippen molar-refractivity contribution in [2.45, 2.75) is 432 Å². The van der Waals surface area contributed by atoms with Crippen molar-refractivity contribution in [3.8, 4) is 0 Å². The molecule has 8 unspecified atom stereocenters. The number of rotatable bonds is 84. The molecule has 8 atom stereocenters. The van der Waals surface area contributed by atoms with Gasteiger partial charge in [-0.25, -0.2) is 19.2 Å². The SMILES string of the molecule is CCCCCCCCCCCCCCN(C(=O)CC(C(=O)[O-])S(=O)(=O)O)C(CC(=O)O)C(=O)O.CCCCCCCCCCCCCCN(C(=O)CC(C(=O)[O-])S(=O)(=O)O)C(CC(=O)O)C(=O)O.CCCCCCCCCCCCCCN(C(=O)CC(C(=O)[O-])S(=O)(=O)O)C(CC(=O)O)C(=O)O.CCCCCCCCCCCCCCN(C(=O)CC(C(=O)[O-])S(=O)(=O)O)C(CC(=O)O)C(=O)O.[Na+].[Na+].[Na+].[Na+]. The van der Waals surface area contributed by atoms with Crippen LogP contribution in [0.2, 0.25) is 0 Å². The largest absolute Gasteiger partial charge is 1.00 e. The Morgan fingerprint density at radius 1 is 0.200 bits per heavy atom. The van der Waals surface area contributed by atoms with Gasteiger partial charge in [0.1, 0.15) is 45.2 Å². The van der Waals surface area contributed by atoms with Crippen molar-refractivity contribution in [2.24, 2.45) is 0 Å². The summed E-state index contributed by atoms with van der Waals surface area (Å²) in [4.78, 5) is 188. The normalized spacial score (nSPS) is 12.9. The van der Waals surface area contributed by atoms with Crippen molar-refractivity contribution in [2.75, 3.05) is 26.2 Å². The van der Waals surface area contributed by atoms with Crippen LogP contribution in [0.4, 0.5) is 0 Å². The standard InChI is InChI=1S/4C22H39NO10S.4Na/c4*1-2-3-4-5-6-7-8-9-10-11-12-13-14-23(17(21(27)28)15-20(25)26)19(24)16-18(22(29)30)34(31,32)33;;;;/h4*17-18H,2-16H2,1H3,(H,25,26)(H,27,28)(H,29,30)(H,31,32,33);;;;/q;;;;4*+1/p-4. The Hall–Kier alpha value is -4.84. The number of aliphatic carboxylic acids is 12. The van der Waals surface area contributed by atoms with Crippen molar-refractivity contribution in [1.82, 2.24) is 19.6 Å². The summed E-state index contributed by atoms with van der Waals surface area (Å²) >= 11 is 0. The van der Waals surface area contributed by atoms with Crippen molar-refractivity contribution in [3.63, 3.8) is 0 Å². The maximum absolute atomic E-state index is 12.6. The molecular formula is C88H152N4Na4O40S4. The molecule has 0 fully saturated rings. The van der Waals surface area contributed by atoms with Crippen LogP contribution in [0.15, 0.2) is 0 Å². The van der Waals surface area contributed by atoms with Crippen molar-refractivity contribution < 1.29 is 308 Å². The predicted molar refractivity (Wildman–Crippen MR) is 486 cm³/mol. The summed E-state index contributed by atoms with van der Waals surface area (Å²) in [6.07, 6.45) is 40.3. The second kappa shape index (κ2) is 89.4. The molecule has 0 spiro atoms. The van der Waals surface area contributed by atoms with Crippen LogP contribution in [0.3, 0.4) is 0 Å². The van der Waals surface area contributed by atoms with Crippen LogP contribution in [-0.2, 0) is 117 Å². The summed E-state index contributed by atoms with van der Waals surface area (Å²) in [7, 11) is -20.7. The maximum Gasteiger partial charge on any atom is 1.00 e. The van der Waals surface area contributed by atoms with E-state index in [1.807, 2.05) is 0 Å². The van der Waals surface area contributed by atoms with Gasteiger partial charge in [0.05, 0.1) is 75.2 Å². The minimum Gasteiger partial charge on any atom is -0.549 e. The smallest absolute Gasteiger partial charge is 0.549 e. The van der Waals surface area contributed by atoms with Crippen molar-refractivity contribution >= 4 is 136 Å². The van der Waals surface area contributed by atoms with E-state index in [2.05, 4.69) is 27.7 Å². The Balaban J connectivity index is -0.000000274. The summed E-state index contributed by atoms with van der Waals surface area (Å²) in [5.74, 6) is -26.1. The summed E-state index contributed by atoms with van der Waals surface area (Å²) in [6, 6.07) is -7.22. The van der Waals surface area contributed by atoms with Crippen LogP contribution in [-0.4, -0.2) is 279 Å². The minimum atomic E-state index is -5.18. The molecule has 12 N–H and O–H groups in total. The Bertz CT molecular complexity index is 3540. The number of unbranched alkanes of at least 4 members (excludes halogenated alkanes) is 44.